The summed E-state index contributed by atoms with van der Waals surface area (Å²) in [4.78, 5) is 22.9. The van der Waals surface area contributed by atoms with Gasteiger partial charge in [-0.05, 0) is 26.3 Å². The van der Waals surface area contributed by atoms with Gasteiger partial charge in [0.05, 0.1) is 30.5 Å². The highest BCUT2D eigenvalue weighted by Gasteiger charge is 2.30. The lowest BCUT2D eigenvalue weighted by Crippen LogP contribution is -2.48. The lowest BCUT2D eigenvalue weighted by atomic mass is 9.96. The third kappa shape index (κ3) is 3.08. The van der Waals surface area contributed by atoms with Crippen LogP contribution in [0, 0.1) is 12.8 Å². The summed E-state index contributed by atoms with van der Waals surface area (Å²) in [5, 5.41) is 2.08. The lowest BCUT2D eigenvalue weighted by Gasteiger charge is -2.36. The van der Waals surface area contributed by atoms with E-state index in [-0.39, 0.29) is 5.92 Å². The van der Waals surface area contributed by atoms with Gasteiger partial charge in [0.1, 0.15) is 0 Å². The third-order valence-electron chi connectivity index (χ3n) is 5.11. The molecule has 0 unspecified atom stereocenters. The topological polar surface area (TPSA) is 50.1 Å². The number of likely N-dealkylation sites (tertiary alicyclic amines) is 1. The summed E-state index contributed by atoms with van der Waals surface area (Å²) in [5.41, 5.74) is 2.36. The Hall–Kier alpha value is -1.44. The Labute approximate surface area is 146 Å². The molecular formula is C17H24N4O2S. The van der Waals surface area contributed by atoms with Crippen molar-refractivity contribution in [2.24, 2.45) is 5.92 Å². The van der Waals surface area contributed by atoms with Gasteiger partial charge in [-0.3, -0.25) is 14.1 Å². The molecule has 0 bridgehead atoms. The Kier molecular flexibility index (Phi) is 4.56. The first-order valence-electron chi connectivity index (χ1n) is 8.72. The molecule has 6 nitrogen and oxygen atoms in total. The summed E-state index contributed by atoms with van der Waals surface area (Å²) in [5.74, 6) is 0.441. The van der Waals surface area contributed by atoms with Gasteiger partial charge in [0, 0.05) is 37.8 Å². The Morgan fingerprint density at radius 3 is 3.04 bits per heavy atom. The van der Waals surface area contributed by atoms with Crippen molar-refractivity contribution < 1.29 is 9.53 Å². The number of fused-ring (bicyclic) bond motifs is 1. The van der Waals surface area contributed by atoms with E-state index in [2.05, 4.69) is 32.8 Å². The van der Waals surface area contributed by atoms with Crippen LogP contribution in [0.2, 0.25) is 0 Å². The number of piperidine rings is 1. The largest absolute Gasteiger partial charge is 0.378 e. The van der Waals surface area contributed by atoms with Crippen molar-refractivity contribution in [1.82, 2.24) is 19.2 Å². The van der Waals surface area contributed by atoms with E-state index in [9.17, 15) is 4.79 Å². The van der Waals surface area contributed by atoms with Crippen molar-refractivity contribution in [2.45, 2.75) is 26.3 Å². The molecule has 1 amide bonds. The van der Waals surface area contributed by atoms with Crippen molar-refractivity contribution >= 4 is 22.2 Å². The Balaban J connectivity index is 1.44. The van der Waals surface area contributed by atoms with Crippen molar-refractivity contribution in [3.63, 3.8) is 0 Å². The maximum Gasteiger partial charge on any atom is 0.227 e. The highest BCUT2D eigenvalue weighted by atomic mass is 32.1. The predicted octanol–water partition coefficient (Wildman–Crippen LogP) is 1.78. The van der Waals surface area contributed by atoms with Gasteiger partial charge in [0.25, 0.3) is 0 Å². The standard InChI is InChI=1S/C17H24N4O2S/c1-13-15(21-7-10-24-17(21)18-13)12-19-4-2-3-14(11-19)16(22)20-5-8-23-9-6-20/h7,10,14H,2-6,8-9,11-12H2,1H3/t14-/m1/s1. The van der Waals surface area contributed by atoms with E-state index in [4.69, 9.17) is 4.74 Å². The number of hydrogen-bond acceptors (Lipinski definition) is 5. The van der Waals surface area contributed by atoms with E-state index in [1.165, 1.54) is 5.69 Å². The minimum atomic E-state index is 0.128. The van der Waals surface area contributed by atoms with E-state index in [0.717, 1.165) is 56.2 Å². The summed E-state index contributed by atoms with van der Waals surface area (Å²) in [6, 6.07) is 0. The van der Waals surface area contributed by atoms with E-state index >= 15 is 0 Å². The average molecular weight is 348 g/mol. The Morgan fingerprint density at radius 2 is 2.21 bits per heavy atom. The molecule has 2 aliphatic rings. The number of rotatable bonds is 3. The molecule has 24 heavy (non-hydrogen) atoms. The third-order valence-corrected chi connectivity index (χ3v) is 5.87. The molecule has 0 aromatic carbocycles. The molecular weight excluding hydrogens is 324 g/mol. The van der Waals surface area contributed by atoms with Crippen molar-refractivity contribution in [2.75, 3.05) is 39.4 Å². The molecule has 2 aromatic heterocycles. The van der Waals surface area contributed by atoms with Crippen LogP contribution in [0.1, 0.15) is 24.2 Å². The Morgan fingerprint density at radius 1 is 1.38 bits per heavy atom. The van der Waals surface area contributed by atoms with Crippen LogP contribution in [0.3, 0.4) is 0 Å². The fourth-order valence-corrected chi connectivity index (χ4v) is 4.56. The van der Waals surface area contributed by atoms with Gasteiger partial charge in [0.2, 0.25) is 5.91 Å². The highest BCUT2D eigenvalue weighted by Crippen LogP contribution is 2.23. The number of imidazole rings is 1. The van der Waals surface area contributed by atoms with Crippen LogP contribution < -0.4 is 0 Å². The number of carbonyl (C=O) groups excluding carboxylic acids is 1. The first kappa shape index (κ1) is 16.1. The molecule has 0 radical (unpaired) electrons. The number of thiazole rings is 1. The number of ether oxygens (including phenoxy) is 1. The SMILES string of the molecule is Cc1nc2sccn2c1CN1CCC[C@@H](C(=O)N2CCOCC2)C1. The van der Waals surface area contributed by atoms with E-state index in [1.54, 1.807) is 11.3 Å². The molecule has 0 N–H and O–H groups in total. The fourth-order valence-electron chi connectivity index (χ4n) is 3.79. The molecule has 130 valence electrons. The molecule has 0 aliphatic carbocycles. The second-order valence-electron chi connectivity index (χ2n) is 6.71. The fraction of sp³-hybridized carbons (Fsp3) is 0.647. The monoisotopic (exact) mass is 348 g/mol. The van der Waals surface area contributed by atoms with Gasteiger partial charge in [-0.15, -0.1) is 11.3 Å². The number of aromatic nitrogens is 2. The average Bonchev–Trinajstić information content (AvgIpc) is 3.18. The molecule has 0 saturated carbocycles. The van der Waals surface area contributed by atoms with E-state index in [1.807, 2.05) is 4.90 Å². The molecule has 2 fully saturated rings. The van der Waals surface area contributed by atoms with Gasteiger partial charge in [-0.25, -0.2) is 4.98 Å². The number of amides is 1. The van der Waals surface area contributed by atoms with Crippen LogP contribution in [0.4, 0.5) is 0 Å². The van der Waals surface area contributed by atoms with Crippen LogP contribution in [0.25, 0.3) is 4.96 Å². The van der Waals surface area contributed by atoms with Gasteiger partial charge >= 0.3 is 0 Å². The molecule has 4 heterocycles. The first-order valence-corrected chi connectivity index (χ1v) is 9.60. The lowest BCUT2D eigenvalue weighted by molar-refractivity contribution is -0.141. The van der Waals surface area contributed by atoms with Crippen LogP contribution in [-0.2, 0) is 16.1 Å². The first-order chi connectivity index (χ1) is 11.7. The van der Waals surface area contributed by atoms with Crippen LogP contribution in [-0.4, -0.2) is 64.5 Å². The number of aryl methyl sites for hydroxylation is 1. The zero-order chi connectivity index (χ0) is 16.5. The van der Waals surface area contributed by atoms with Crippen molar-refractivity contribution in [3.05, 3.63) is 23.0 Å². The van der Waals surface area contributed by atoms with Gasteiger partial charge in [0.15, 0.2) is 4.96 Å². The molecule has 2 aromatic rings. The molecule has 4 rings (SSSR count). The Bertz CT molecular complexity index is 719. The highest BCUT2D eigenvalue weighted by molar-refractivity contribution is 7.15. The summed E-state index contributed by atoms with van der Waals surface area (Å²) in [6.45, 7) is 7.70. The van der Waals surface area contributed by atoms with Crippen LogP contribution in [0.15, 0.2) is 11.6 Å². The van der Waals surface area contributed by atoms with Crippen LogP contribution >= 0.6 is 11.3 Å². The minimum absolute atomic E-state index is 0.128. The minimum Gasteiger partial charge on any atom is -0.378 e. The molecule has 1 atom stereocenters. The molecule has 7 heteroatoms. The maximum absolute atomic E-state index is 12.8. The second-order valence-corrected chi connectivity index (χ2v) is 7.58. The number of carbonyl (C=O) groups is 1. The number of nitrogens with zero attached hydrogens (tertiary/aromatic N) is 4. The second kappa shape index (κ2) is 6.82. The smallest absolute Gasteiger partial charge is 0.227 e. The summed E-state index contributed by atoms with van der Waals surface area (Å²) in [7, 11) is 0. The summed E-state index contributed by atoms with van der Waals surface area (Å²) < 4.78 is 7.55. The number of morpholine rings is 1. The zero-order valence-electron chi connectivity index (χ0n) is 14.1. The quantitative estimate of drug-likeness (QED) is 0.848. The maximum atomic E-state index is 12.8. The van der Waals surface area contributed by atoms with E-state index < -0.39 is 0 Å². The predicted molar refractivity (Wildman–Crippen MR) is 93.2 cm³/mol. The molecule has 2 aliphatic heterocycles. The van der Waals surface area contributed by atoms with Crippen LogP contribution in [0.5, 0.6) is 0 Å². The van der Waals surface area contributed by atoms with Crippen molar-refractivity contribution in [3.8, 4) is 0 Å². The van der Waals surface area contributed by atoms with Gasteiger partial charge in [-0.1, -0.05) is 0 Å². The van der Waals surface area contributed by atoms with Gasteiger partial charge < -0.3 is 9.64 Å². The van der Waals surface area contributed by atoms with Gasteiger partial charge in [-0.2, -0.15) is 0 Å². The van der Waals surface area contributed by atoms with E-state index in [0.29, 0.717) is 19.1 Å². The van der Waals surface area contributed by atoms with Crippen molar-refractivity contribution in [1.29, 1.82) is 0 Å². The zero-order valence-corrected chi connectivity index (χ0v) is 14.9. The normalized spacial score (nSPS) is 23.0. The molecule has 0 spiro atoms. The summed E-state index contributed by atoms with van der Waals surface area (Å²) in [6.07, 6.45) is 4.19. The number of hydrogen-bond donors (Lipinski definition) is 0. The molecule has 2 saturated heterocycles. The summed E-state index contributed by atoms with van der Waals surface area (Å²) >= 11 is 1.67.